The third kappa shape index (κ3) is 5.66. The van der Waals surface area contributed by atoms with Crippen molar-refractivity contribution >= 4 is 39.1 Å². The Balaban J connectivity index is 1.81. The fraction of sp³-hybridized carbons (Fsp3) is 0.643. The molecule has 23 heavy (non-hydrogen) atoms. The first-order valence-electron chi connectivity index (χ1n) is 7.51. The first kappa shape index (κ1) is 18.6. The number of aliphatic imine (C=N–C) groups is 1. The highest BCUT2D eigenvalue weighted by Gasteiger charge is 2.23. The summed E-state index contributed by atoms with van der Waals surface area (Å²) in [5.74, 6) is 2.58. The molecule has 0 radical (unpaired) electrons. The van der Waals surface area contributed by atoms with Crippen LogP contribution in [0.4, 0.5) is 0 Å². The summed E-state index contributed by atoms with van der Waals surface area (Å²) in [5.41, 5.74) is 1.22. The van der Waals surface area contributed by atoms with Crippen molar-refractivity contribution in [2.75, 3.05) is 51.0 Å². The Bertz CT molecular complexity index is 596. The zero-order valence-electron chi connectivity index (χ0n) is 13.6. The maximum atomic E-state index is 12.3. The van der Waals surface area contributed by atoms with Crippen LogP contribution in [0.15, 0.2) is 21.8 Å². The van der Waals surface area contributed by atoms with E-state index in [4.69, 9.17) is 0 Å². The molecule has 0 bridgehead atoms. The summed E-state index contributed by atoms with van der Waals surface area (Å²) < 4.78 is 26.2. The molecule has 1 N–H and O–H groups in total. The molecule has 2 rings (SSSR count). The van der Waals surface area contributed by atoms with Gasteiger partial charge >= 0.3 is 0 Å². The van der Waals surface area contributed by atoms with E-state index in [1.807, 2.05) is 17.3 Å². The molecule has 0 aliphatic carbocycles. The van der Waals surface area contributed by atoms with Gasteiger partial charge in [-0.1, -0.05) is 0 Å². The smallest absolute Gasteiger partial charge is 0.215 e. The number of sulfonamides is 1. The van der Waals surface area contributed by atoms with E-state index < -0.39 is 10.0 Å². The fourth-order valence-electron chi connectivity index (χ4n) is 2.36. The molecule has 1 aromatic heterocycles. The van der Waals surface area contributed by atoms with Crippen molar-refractivity contribution in [2.24, 2.45) is 4.99 Å². The van der Waals surface area contributed by atoms with Crippen LogP contribution >= 0.6 is 23.1 Å². The summed E-state index contributed by atoms with van der Waals surface area (Å²) >= 11 is 3.47. The van der Waals surface area contributed by atoms with Crippen molar-refractivity contribution in [3.8, 4) is 0 Å². The SMILES string of the molecule is CN=C(NCCS(=O)(=O)N1CCSCC1)N(C)Cc1ccsc1. The van der Waals surface area contributed by atoms with Gasteiger partial charge in [-0.25, -0.2) is 12.7 Å². The average Bonchev–Trinajstić information content (AvgIpc) is 3.05. The third-order valence-corrected chi connectivity index (χ3v) is 7.13. The monoisotopic (exact) mass is 376 g/mol. The largest absolute Gasteiger partial charge is 0.355 e. The molecule has 0 saturated carbocycles. The zero-order chi connectivity index (χ0) is 16.7. The molecule has 0 spiro atoms. The summed E-state index contributed by atoms with van der Waals surface area (Å²) in [6.45, 7) is 2.37. The zero-order valence-corrected chi connectivity index (χ0v) is 16.0. The van der Waals surface area contributed by atoms with Gasteiger partial charge in [-0.3, -0.25) is 4.99 Å². The van der Waals surface area contributed by atoms with Crippen molar-refractivity contribution < 1.29 is 8.42 Å². The van der Waals surface area contributed by atoms with Gasteiger partial charge in [0.15, 0.2) is 5.96 Å². The molecule has 0 aromatic carbocycles. The highest BCUT2D eigenvalue weighted by molar-refractivity contribution is 7.99. The second-order valence-electron chi connectivity index (χ2n) is 5.29. The number of rotatable bonds is 6. The molecule has 9 heteroatoms. The van der Waals surface area contributed by atoms with Crippen LogP contribution in [-0.4, -0.2) is 74.6 Å². The fourth-order valence-corrected chi connectivity index (χ4v) is 5.51. The van der Waals surface area contributed by atoms with Gasteiger partial charge in [0.05, 0.1) is 5.75 Å². The van der Waals surface area contributed by atoms with E-state index in [-0.39, 0.29) is 5.75 Å². The summed E-state index contributed by atoms with van der Waals surface area (Å²) in [7, 11) is 0.482. The number of nitrogens with zero attached hydrogens (tertiary/aromatic N) is 3. The molecular formula is C14H24N4O2S3. The topological polar surface area (TPSA) is 65.0 Å². The lowest BCUT2D eigenvalue weighted by molar-refractivity contribution is 0.442. The molecule has 1 saturated heterocycles. The first-order valence-corrected chi connectivity index (χ1v) is 11.2. The van der Waals surface area contributed by atoms with Crippen LogP contribution < -0.4 is 5.32 Å². The molecule has 0 atom stereocenters. The Kier molecular flexibility index (Phi) is 7.19. The van der Waals surface area contributed by atoms with Gasteiger partial charge in [0.1, 0.15) is 0 Å². The van der Waals surface area contributed by atoms with E-state index in [1.165, 1.54) is 5.56 Å². The predicted octanol–water partition coefficient (Wildman–Crippen LogP) is 1.13. The van der Waals surface area contributed by atoms with Crippen LogP contribution in [0.2, 0.25) is 0 Å². The van der Waals surface area contributed by atoms with E-state index in [0.717, 1.165) is 18.1 Å². The standard InChI is InChI=1S/C14H24N4O2S3/c1-15-14(17(2)11-13-3-7-22-12-13)16-4-10-23(19,20)18-5-8-21-9-6-18/h3,7,12H,4-6,8-11H2,1-2H3,(H,15,16). The van der Waals surface area contributed by atoms with Crippen molar-refractivity contribution in [1.29, 1.82) is 0 Å². The van der Waals surface area contributed by atoms with Crippen molar-refractivity contribution in [3.05, 3.63) is 22.4 Å². The van der Waals surface area contributed by atoms with Crippen LogP contribution in [0.1, 0.15) is 5.56 Å². The van der Waals surface area contributed by atoms with Crippen LogP contribution in [0.3, 0.4) is 0 Å². The summed E-state index contributed by atoms with van der Waals surface area (Å²) in [4.78, 5) is 6.22. The van der Waals surface area contributed by atoms with Crippen LogP contribution in [-0.2, 0) is 16.6 Å². The van der Waals surface area contributed by atoms with Gasteiger partial charge in [0.2, 0.25) is 10.0 Å². The highest BCUT2D eigenvalue weighted by Crippen LogP contribution is 2.13. The molecule has 0 unspecified atom stereocenters. The molecule has 2 heterocycles. The number of guanidine groups is 1. The Morgan fingerprint density at radius 3 is 2.78 bits per heavy atom. The van der Waals surface area contributed by atoms with Gasteiger partial charge in [-0.05, 0) is 22.4 Å². The minimum atomic E-state index is -3.18. The molecule has 1 aliphatic rings. The van der Waals surface area contributed by atoms with Crippen molar-refractivity contribution in [3.63, 3.8) is 0 Å². The Morgan fingerprint density at radius 1 is 1.43 bits per heavy atom. The molecular weight excluding hydrogens is 352 g/mol. The lowest BCUT2D eigenvalue weighted by atomic mass is 10.3. The number of nitrogens with one attached hydrogen (secondary N) is 1. The Hall–Kier alpha value is -0.770. The second kappa shape index (κ2) is 8.91. The summed E-state index contributed by atoms with van der Waals surface area (Å²) in [5, 5.41) is 7.29. The molecule has 130 valence electrons. The maximum Gasteiger partial charge on any atom is 0.215 e. The minimum Gasteiger partial charge on any atom is -0.355 e. The first-order chi connectivity index (χ1) is 11.0. The minimum absolute atomic E-state index is 0.100. The van der Waals surface area contributed by atoms with Gasteiger partial charge in [-0.2, -0.15) is 23.1 Å². The maximum absolute atomic E-state index is 12.3. The van der Waals surface area contributed by atoms with E-state index in [2.05, 4.69) is 21.8 Å². The Morgan fingerprint density at radius 2 is 2.17 bits per heavy atom. The van der Waals surface area contributed by atoms with Crippen LogP contribution in [0.25, 0.3) is 0 Å². The van der Waals surface area contributed by atoms with Crippen molar-refractivity contribution in [1.82, 2.24) is 14.5 Å². The summed E-state index contributed by atoms with van der Waals surface area (Å²) in [6.07, 6.45) is 0. The molecule has 6 nitrogen and oxygen atoms in total. The van der Waals surface area contributed by atoms with E-state index in [1.54, 1.807) is 34.5 Å². The van der Waals surface area contributed by atoms with Gasteiger partial charge in [0.25, 0.3) is 0 Å². The molecule has 1 fully saturated rings. The lowest BCUT2D eigenvalue weighted by Crippen LogP contribution is -2.44. The van der Waals surface area contributed by atoms with Crippen molar-refractivity contribution in [2.45, 2.75) is 6.54 Å². The number of hydrogen-bond donors (Lipinski definition) is 1. The average molecular weight is 377 g/mol. The predicted molar refractivity (Wildman–Crippen MR) is 99.8 cm³/mol. The quantitative estimate of drug-likeness (QED) is 0.596. The lowest BCUT2D eigenvalue weighted by Gasteiger charge is -2.26. The Labute approximate surface area is 147 Å². The van der Waals surface area contributed by atoms with Gasteiger partial charge in [-0.15, -0.1) is 0 Å². The van der Waals surface area contributed by atoms with Gasteiger partial charge in [0, 0.05) is 51.8 Å². The van der Waals surface area contributed by atoms with E-state index in [0.29, 0.717) is 25.6 Å². The number of thioether (sulfide) groups is 1. The van der Waals surface area contributed by atoms with Crippen LogP contribution in [0.5, 0.6) is 0 Å². The number of hydrogen-bond acceptors (Lipinski definition) is 5. The molecule has 0 amide bonds. The molecule has 1 aliphatic heterocycles. The highest BCUT2D eigenvalue weighted by atomic mass is 32.2. The second-order valence-corrected chi connectivity index (χ2v) is 9.38. The number of thiophene rings is 1. The van der Waals surface area contributed by atoms with E-state index >= 15 is 0 Å². The van der Waals surface area contributed by atoms with Crippen LogP contribution in [0, 0.1) is 0 Å². The van der Waals surface area contributed by atoms with Gasteiger partial charge < -0.3 is 10.2 Å². The molecule has 1 aromatic rings. The third-order valence-electron chi connectivity index (χ3n) is 3.58. The normalized spacial score (nSPS) is 17.2. The summed E-state index contributed by atoms with van der Waals surface area (Å²) in [6, 6.07) is 2.08. The van der Waals surface area contributed by atoms with E-state index in [9.17, 15) is 8.42 Å².